The van der Waals surface area contributed by atoms with E-state index in [1.165, 1.54) is 6.07 Å². The zero-order valence-corrected chi connectivity index (χ0v) is 16.3. The van der Waals surface area contributed by atoms with Crippen LogP contribution in [0.25, 0.3) is 10.8 Å². The van der Waals surface area contributed by atoms with Gasteiger partial charge in [0.15, 0.2) is 0 Å². The first-order valence-electron chi connectivity index (χ1n) is 9.05. The molecule has 0 aliphatic carbocycles. The van der Waals surface area contributed by atoms with Crippen LogP contribution in [0.1, 0.15) is 30.1 Å². The van der Waals surface area contributed by atoms with E-state index in [2.05, 4.69) is 10.0 Å². The van der Waals surface area contributed by atoms with E-state index in [9.17, 15) is 18.3 Å². The van der Waals surface area contributed by atoms with Crippen LogP contribution in [0, 0.1) is 0 Å². The molecule has 0 radical (unpaired) electrons. The molecule has 0 bridgehead atoms. The van der Waals surface area contributed by atoms with Crippen molar-refractivity contribution < 1.29 is 18.3 Å². The average molecular weight is 398 g/mol. The van der Waals surface area contributed by atoms with E-state index >= 15 is 0 Å². The molecule has 0 spiro atoms. The van der Waals surface area contributed by atoms with Gasteiger partial charge in [0.1, 0.15) is 5.75 Å². The Morgan fingerprint density at radius 3 is 2.32 bits per heavy atom. The largest absolute Gasteiger partial charge is 0.506 e. The van der Waals surface area contributed by atoms with Crippen molar-refractivity contribution in [3.05, 3.63) is 66.2 Å². The molecule has 1 amide bonds. The van der Waals surface area contributed by atoms with E-state index in [-0.39, 0.29) is 16.2 Å². The van der Waals surface area contributed by atoms with E-state index in [4.69, 9.17) is 0 Å². The highest BCUT2D eigenvalue weighted by atomic mass is 32.2. The van der Waals surface area contributed by atoms with Gasteiger partial charge in [-0.1, -0.05) is 55.8 Å². The minimum Gasteiger partial charge on any atom is -0.506 e. The third-order valence-electron chi connectivity index (χ3n) is 4.35. The van der Waals surface area contributed by atoms with Gasteiger partial charge >= 0.3 is 0 Å². The zero-order chi connectivity index (χ0) is 20.1. The standard InChI is InChI=1S/C21H22N2O4S/c1-2-3-13-22-21(25)18-14-19(16-11-7-8-12-17(16)20(18)24)28(26,27)23-15-9-5-4-6-10-15/h4-12,14,23-24H,2-3,13H2,1H3,(H,22,25). The van der Waals surface area contributed by atoms with Gasteiger partial charge in [0.2, 0.25) is 0 Å². The molecule has 0 unspecified atom stereocenters. The minimum atomic E-state index is -3.98. The molecule has 0 atom stereocenters. The lowest BCUT2D eigenvalue weighted by molar-refractivity contribution is 0.0950. The van der Waals surface area contributed by atoms with E-state index in [1.54, 1.807) is 54.6 Å². The SMILES string of the molecule is CCCCNC(=O)c1cc(S(=O)(=O)Nc2ccccc2)c2ccccc2c1O. The smallest absolute Gasteiger partial charge is 0.262 e. The maximum absolute atomic E-state index is 13.0. The van der Waals surface area contributed by atoms with Crippen molar-refractivity contribution in [1.82, 2.24) is 5.32 Å². The van der Waals surface area contributed by atoms with E-state index in [0.717, 1.165) is 12.8 Å². The molecular formula is C21H22N2O4S. The molecule has 0 aliphatic rings. The molecule has 0 aromatic heterocycles. The maximum atomic E-state index is 13.0. The predicted molar refractivity (Wildman–Crippen MR) is 110 cm³/mol. The van der Waals surface area contributed by atoms with Gasteiger partial charge in [0, 0.05) is 23.0 Å². The van der Waals surface area contributed by atoms with Crippen molar-refractivity contribution in [2.75, 3.05) is 11.3 Å². The number of hydrogen-bond donors (Lipinski definition) is 3. The lowest BCUT2D eigenvalue weighted by Crippen LogP contribution is -2.25. The summed E-state index contributed by atoms with van der Waals surface area (Å²) >= 11 is 0. The molecular weight excluding hydrogens is 376 g/mol. The van der Waals surface area contributed by atoms with Gasteiger partial charge in [-0.05, 0) is 24.6 Å². The van der Waals surface area contributed by atoms with Crippen molar-refractivity contribution in [2.45, 2.75) is 24.7 Å². The van der Waals surface area contributed by atoms with Gasteiger partial charge in [-0.2, -0.15) is 0 Å². The number of benzene rings is 3. The molecule has 0 saturated heterocycles. The number of fused-ring (bicyclic) bond motifs is 1. The normalized spacial score (nSPS) is 11.3. The van der Waals surface area contributed by atoms with E-state index < -0.39 is 15.9 Å². The Labute approximate surface area is 164 Å². The number of carbonyl (C=O) groups excluding carboxylic acids is 1. The van der Waals surface area contributed by atoms with Crippen molar-refractivity contribution in [1.29, 1.82) is 0 Å². The summed E-state index contributed by atoms with van der Waals surface area (Å²) in [6.45, 7) is 2.45. The Morgan fingerprint density at radius 1 is 1.00 bits per heavy atom. The first kappa shape index (κ1) is 19.7. The molecule has 0 heterocycles. The summed E-state index contributed by atoms with van der Waals surface area (Å²) in [5, 5.41) is 13.9. The molecule has 0 saturated carbocycles. The fourth-order valence-electron chi connectivity index (χ4n) is 2.91. The van der Waals surface area contributed by atoms with Crippen LogP contribution in [0.3, 0.4) is 0 Å². The van der Waals surface area contributed by atoms with Gasteiger partial charge < -0.3 is 10.4 Å². The van der Waals surface area contributed by atoms with Crippen LogP contribution in [-0.4, -0.2) is 26.0 Å². The summed E-state index contributed by atoms with van der Waals surface area (Å²) in [5.41, 5.74) is 0.344. The number of unbranched alkanes of at least 4 members (excludes halogenated alkanes) is 1. The highest BCUT2D eigenvalue weighted by molar-refractivity contribution is 7.93. The monoisotopic (exact) mass is 398 g/mol. The van der Waals surface area contributed by atoms with Crippen molar-refractivity contribution in [3.8, 4) is 5.75 Å². The fraction of sp³-hybridized carbons (Fsp3) is 0.190. The second kappa shape index (κ2) is 8.31. The van der Waals surface area contributed by atoms with Crippen LogP contribution in [0.2, 0.25) is 0 Å². The Kier molecular flexibility index (Phi) is 5.84. The molecule has 0 fully saturated rings. The van der Waals surface area contributed by atoms with Gasteiger partial charge in [-0.25, -0.2) is 8.42 Å². The fourth-order valence-corrected chi connectivity index (χ4v) is 4.21. The predicted octanol–water partition coefficient (Wildman–Crippen LogP) is 3.88. The summed E-state index contributed by atoms with van der Waals surface area (Å²) in [6, 6.07) is 16.3. The molecule has 3 N–H and O–H groups in total. The number of sulfonamides is 1. The number of amides is 1. The number of aromatic hydroxyl groups is 1. The molecule has 3 rings (SSSR count). The number of nitrogens with one attached hydrogen (secondary N) is 2. The number of para-hydroxylation sites is 1. The van der Waals surface area contributed by atoms with Crippen molar-refractivity contribution in [2.24, 2.45) is 0 Å². The third-order valence-corrected chi connectivity index (χ3v) is 5.78. The summed E-state index contributed by atoms with van der Waals surface area (Å²) in [7, 11) is -3.98. The summed E-state index contributed by atoms with van der Waals surface area (Å²) < 4.78 is 28.6. The van der Waals surface area contributed by atoms with Crippen LogP contribution in [0.15, 0.2) is 65.6 Å². The first-order valence-corrected chi connectivity index (χ1v) is 10.5. The molecule has 0 aliphatic heterocycles. The molecule has 7 heteroatoms. The molecule has 28 heavy (non-hydrogen) atoms. The van der Waals surface area contributed by atoms with Crippen molar-refractivity contribution >= 4 is 32.4 Å². The zero-order valence-electron chi connectivity index (χ0n) is 15.5. The van der Waals surface area contributed by atoms with Crippen molar-refractivity contribution in [3.63, 3.8) is 0 Å². The first-order chi connectivity index (χ1) is 13.4. The van der Waals surface area contributed by atoms with E-state index in [1.807, 2.05) is 6.92 Å². The summed E-state index contributed by atoms with van der Waals surface area (Å²) in [6.07, 6.45) is 1.70. The average Bonchev–Trinajstić information content (AvgIpc) is 2.69. The minimum absolute atomic E-state index is 0.0644. The number of rotatable bonds is 7. The molecule has 146 valence electrons. The van der Waals surface area contributed by atoms with Gasteiger partial charge in [-0.15, -0.1) is 0 Å². The lowest BCUT2D eigenvalue weighted by Gasteiger charge is -2.14. The summed E-state index contributed by atoms with van der Waals surface area (Å²) in [5.74, 6) is -0.740. The number of phenols is 1. The third kappa shape index (κ3) is 4.09. The second-order valence-corrected chi connectivity index (χ2v) is 8.05. The summed E-state index contributed by atoms with van der Waals surface area (Å²) in [4.78, 5) is 12.5. The maximum Gasteiger partial charge on any atom is 0.262 e. The molecule has 3 aromatic carbocycles. The Hall–Kier alpha value is -3.06. The van der Waals surface area contributed by atoms with Crippen LogP contribution in [0.5, 0.6) is 5.75 Å². The molecule has 6 nitrogen and oxygen atoms in total. The number of hydrogen-bond acceptors (Lipinski definition) is 4. The van der Waals surface area contributed by atoms with Crippen LogP contribution in [0.4, 0.5) is 5.69 Å². The van der Waals surface area contributed by atoms with Gasteiger partial charge in [-0.3, -0.25) is 9.52 Å². The highest BCUT2D eigenvalue weighted by Crippen LogP contribution is 2.34. The lowest BCUT2D eigenvalue weighted by atomic mass is 10.0. The topological polar surface area (TPSA) is 95.5 Å². The van der Waals surface area contributed by atoms with E-state index in [0.29, 0.717) is 23.0 Å². The highest BCUT2D eigenvalue weighted by Gasteiger charge is 2.24. The van der Waals surface area contributed by atoms with Crippen LogP contribution < -0.4 is 10.0 Å². The Morgan fingerprint density at radius 2 is 1.64 bits per heavy atom. The number of phenolic OH excluding ortho intramolecular Hbond substituents is 1. The Bertz CT molecular complexity index is 1100. The number of carbonyl (C=O) groups is 1. The molecule has 3 aromatic rings. The van der Waals surface area contributed by atoms with Crippen LogP contribution >= 0.6 is 0 Å². The Balaban J connectivity index is 2.11. The number of anilines is 1. The van der Waals surface area contributed by atoms with Crippen LogP contribution in [-0.2, 0) is 10.0 Å². The van der Waals surface area contributed by atoms with Gasteiger partial charge in [0.05, 0.1) is 10.5 Å². The second-order valence-electron chi connectivity index (χ2n) is 6.40. The van der Waals surface area contributed by atoms with Gasteiger partial charge in [0.25, 0.3) is 15.9 Å². The quantitative estimate of drug-likeness (QED) is 0.526.